The zero-order valence-corrected chi connectivity index (χ0v) is 10.5. The number of rotatable bonds is 0. The fourth-order valence-corrected chi connectivity index (χ4v) is 3.12. The van der Waals surface area contributed by atoms with E-state index in [9.17, 15) is 0 Å². The Bertz CT molecular complexity index is 575. The number of aryl methyl sites for hydroxylation is 3. The second kappa shape index (κ2) is 3.13. The number of benzene rings is 1. The van der Waals surface area contributed by atoms with Crippen molar-refractivity contribution in [2.75, 3.05) is 0 Å². The minimum Gasteiger partial charge on any atom is -0.461 e. The average Bonchev–Trinajstić information content (AvgIpc) is 2.72. The average molecular weight is 214 g/mol. The molecule has 1 nitrogen and oxygen atoms in total. The number of furan rings is 1. The summed E-state index contributed by atoms with van der Waals surface area (Å²) in [7, 11) is 0. The van der Waals surface area contributed by atoms with Crippen LogP contribution in [0.3, 0.4) is 0 Å². The molecule has 1 aliphatic rings. The molecule has 1 heterocycles. The number of hydrogen-bond acceptors (Lipinski definition) is 1. The molecule has 16 heavy (non-hydrogen) atoms. The highest BCUT2D eigenvalue weighted by Gasteiger charge is 2.25. The summed E-state index contributed by atoms with van der Waals surface area (Å²) in [6, 6.07) is 2.21. The van der Waals surface area contributed by atoms with Crippen LogP contribution in [0.5, 0.6) is 0 Å². The molecule has 0 N–H and O–H groups in total. The molecular formula is C15H18O. The quantitative estimate of drug-likeness (QED) is 0.633. The molecule has 1 heteroatoms. The van der Waals surface area contributed by atoms with Gasteiger partial charge in [-0.05, 0) is 67.9 Å². The maximum Gasteiger partial charge on any atom is 0.135 e. The van der Waals surface area contributed by atoms with Crippen molar-refractivity contribution >= 4 is 11.0 Å². The summed E-state index contributed by atoms with van der Waals surface area (Å²) in [6.07, 6.45) is 2.53. The lowest BCUT2D eigenvalue weighted by Crippen LogP contribution is -1.91. The molecule has 0 aliphatic heterocycles. The van der Waals surface area contributed by atoms with Crippen molar-refractivity contribution in [3.8, 4) is 0 Å². The van der Waals surface area contributed by atoms with Crippen LogP contribution >= 0.6 is 0 Å². The third kappa shape index (κ3) is 1.12. The first kappa shape index (κ1) is 9.95. The van der Waals surface area contributed by atoms with E-state index < -0.39 is 0 Å². The molecule has 1 aromatic heterocycles. The van der Waals surface area contributed by atoms with Gasteiger partial charge in [0.2, 0.25) is 0 Å². The zero-order chi connectivity index (χ0) is 11.4. The molecule has 0 spiro atoms. The predicted molar refractivity (Wildman–Crippen MR) is 67.2 cm³/mol. The van der Waals surface area contributed by atoms with E-state index in [4.69, 9.17) is 4.42 Å². The Balaban J connectivity index is 2.49. The second-order valence-electron chi connectivity index (χ2n) is 5.18. The van der Waals surface area contributed by atoms with Crippen LogP contribution < -0.4 is 0 Å². The molecule has 84 valence electrons. The Morgan fingerprint density at radius 3 is 2.75 bits per heavy atom. The molecule has 3 rings (SSSR count). The fraction of sp³-hybridized carbons (Fsp3) is 0.467. The third-order valence-corrected chi connectivity index (χ3v) is 4.15. The molecule has 1 aromatic carbocycles. The standard InChI is InChI=1S/C15H18O/c1-8-5-6-12-9(2)7-13-15(14(8)12)10(3)11(4)16-13/h7-8H,5-6H2,1-4H3/t8-/m1/s1. The summed E-state index contributed by atoms with van der Waals surface area (Å²) in [5.41, 5.74) is 6.95. The Kier molecular flexibility index (Phi) is 1.95. The monoisotopic (exact) mass is 214 g/mol. The highest BCUT2D eigenvalue weighted by Crippen LogP contribution is 2.42. The molecule has 0 saturated carbocycles. The molecule has 0 amide bonds. The predicted octanol–water partition coefficient (Wildman–Crippen LogP) is 4.41. The molecule has 0 radical (unpaired) electrons. The van der Waals surface area contributed by atoms with Gasteiger partial charge in [0, 0.05) is 5.39 Å². The molecule has 0 bridgehead atoms. The van der Waals surface area contributed by atoms with Crippen LogP contribution in [-0.2, 0) is 6.42 Å². The van der Waals surface area contributed by atoms with Crippen molar-refractivity contribution in [3.05, 3.63) is 34.1 Å². The Morgan fingerprint density at radius 2 is 2.00 bits per heavy atom. The van der Waals surface area contributed by atoms with Gasteiger partial charge < -0.3 is 4.42 Å². The summed E-state index contributed by atoms with van der Waals surface area (Å²) in [6.45, 7) is 8.80. The largest absolute Gasteiger partial charge is 0.461 e. The van der Waals surface area contributed by atoms with E-state index in [1.165, 1.54) is 29.4 Å². The highest BCUT2D eigenvalue weighted by atomic mass is 16.3. The third-order valence-electron chi connectivity index (χ3n) is 4.15. The SMILES string of the molecule is Cc1cc2oc(C)c(C)c2c2c1CC[C@H]2C. The van der Waals surface area contributed by atoms with E-state index in [1.54, 1.807) is 11.1 Å². The van der Waals surface area contributed by atoms with Gasteiger partial charge in [0.25, 0.3) is 0 Å². The van der Waals surface area contributed by atoms with Crippen molar-refractivity contribution in [2.45, 2.75) is 46.5 Å². The maximum atomic E-state index is 5.85. The Hall–Kier alpha value is -1.24. The van der Waals surface area contributed by atoms with Crippen molar-refractivity contribution in [1.29, 1.82) is 0 Å². The summed E-state index contributed by atoms with van der Waals surface area (Å²) in [5.74, 6) is 1.76. The van der Waals surface area contributed by atoms with Crippen molar-refractivity contribution in [3.63, 3.8) is 0 Å². The first-order valence-electron chi connectivity index (χ1n) is 6.11. The van der Waals surface area contributed by atoms with Gasteiger partial charge in [0.1, 0.15) is 11.3 Å². The van der Waals surface area contributed by atoms with Gasteiger partial charge in [-0.2, -0.15) is 0 Å². The molecule has 0 unspecified atom stereocenters. The maximum absolute atomic E-state index is 5.85. The number of fused-ring (bicyclic) bond motifs is 3. The van der Waals surface area contributed by atoms with Crippen LogP contribution in [0.15, 0.2) is 10.5 Å². The molecule has 0 fully saturated rings. The second-order valence-corrected chi connectivity index (χ2v) is 5.18. The Labute approximate surface area is 96.5 Å². The fourth-order valence-electron chi connectivity index (χ4n) is 3.12. The lowest BCUT2D eigenvalue weighted by Gasteiger charge is -2.09. The van der Waals surface area contributed by atoms with Crippen LogP contribution in [0.2, 0.25) is 0 Å². The van der Waals surface area contributed by atoms with Crippen molar-refractivity contribution in [1.82, 2.24) is 0 Å². The van der Waals surface area contributed by atoms with Gasteiger partial charge in [0.15, 0.2) is 0 Å². The molecule has 0 saturated heterocycles. The normalized spacial score (nSPS) is 19.4. The van der Waals surface area contributed by atoms with Gasteiger partial charge in [-0.15, -0.1) is 0 Å². The summed E-state index contributed by atoms with van der Waals surface area (Å²) < 4.78 is 5.85. The van der Waals surface area contributed by atoms with Crippen LogP contribution in [0.1, 0.15) is 47.3 Å². The summed E-state index contributed by atoms with van der Waals surface area (Å²) in [4.78, 5) is 0. The molecule has 1 aliphatic carbocycles. The summed E-state index contributed by atoms with van der Waals surface area (Å²) in [5, 5.41) is 1.39. The van der Waals surface area contributed by atoms with Gasteiger partial charge in [0.05, 0.1) is 0 Å². The van der Waals surface area contributed by atoms with E-state index in [-0.39, 0.29) is 0 Å². The van der Waals surface area contributed by atoms with Crippen LogP contribution in [0.4, 0.5) is 0 Å². The Morgan fingerprint density at radius 1 is 1.25 bits per heavy atom. The molecule has 2 aromatic rings. The minimum atomic E-state index is 0.688. The highest BCUT2D eigenvalue weighted by molar-refractivity contribution is 5.88. The van der Waals surface area contributed by atoms with E-state index in [2.05, 4.69) is 33.8 Å². The van der Waals surface area contributed by atoms with E-state index in [0.29, 0.717) is 5.92 Å². The van der Waals surface area contributed by atoms with Gasteiger partial charge >= 0.3 is 0 Å². The van der Waals surface area contributed by atoms with Gasteiger partial charge in [-0.25, -0.2) is 0 Å². The van der Waals surface area contributed by atoms with E-state index in [0.717, 1.165) is 11.3 Å². The van der Waals surface area contributed by atoms with Crippen LogP contribution in [0.25, 0.3) is 11.0 Å². The van der Waals surface area contributed by atoms with Crippen molar-refractivity contribution in [2.24, 2.45) is 0 Å². The first-order chi connectivity index (χ1) is 7.59. The van der Waals surface area contributed by atoms with E-state index >= 15 is 0 Å². The lowest BCUT2D eigenvalue weighted by atomic mass is 9.94. The van der Waals surface area contributed by atoms with Crippen LogP contribution in [0, 0.1) is 20.8 Å². The minimum absolute atomic E-state index is 0.688. The van der Waals surface area contributed by atoms with Crippen molar-refractivity contribution < 1.29 is 4.42 Å². The smallest absolute Gasteiger partial charge is 0.135 e. The lowest BCUT2D eigenvalue weighted by molar-refractivity contribution is 0.574. The van der Waals surface area contributed by atoms with Gasteiger partial charge in [-0.1, -0.05) is 6.92 Å². The van der Waals surface area contributed by atoms with E-state index in [1.807, 2.05) is 0 Å². The first-order valence-corrected chi connectivity index (χ1v) is 6.11. The zero-order valence-electron chi connectivity index (χ0n) is 10.5. The molecular weight excluding hydrogens is 196 g/mol. The summed E-state index contributed by atoms with van der Waals surface area (Å²) >= 11 is 0. The van der Waals surface area contributed by atoms with Crippen LogP contribution in [-0.4, -0.2) is 0 Å². The number of hydrogen-bond donors (Lipinski definition) is 0. The molecule has 1 atom stereocenters. The topological polar surface area (TPSA) is 13.1 Å². The van der Waals surface area contributed by atoms with Gasteiger partial charge in [-0.3, -0.25) is 0 Å².